The second kappa shape index (κ2) is 10.4. The van der Waals surface area contributed by atoms with Crippen molar-refractivity contribution in [3.8, 4) is 0 Å². The van der Waals surface area contributed by atoms with Crippen molar-refractivity contribution in [3.05, 3.63) is 24.3 Å². The van der Waals surface area contributed by atoms with Gasteiger partial charge >= 0.3 is 0 Å². The van der Waals surface area contributed by atoms with Gasteiger partial charge in [-0.2, -0.15) is 0 Å². The number of benzene rings is 1. The highest BCUT2D eigenvalue weighted by Gasteiger charge is 2.24. The Kier molecular flexibility index (Phi) is 7.89. The summed E-state index contributed by atoms with van der Waals surface area (Å²) in [6.45, 7) is 13.8. The minimum absolute atomic E-state index is 0.0152. The molecule has 30 heavy (non-hydrogen) atoms. The monoisotopic (exact) mass is 414 g/mol. The molecule has 1 aromatic rings. The van der Waals surface area contributed by atoms with Crippen LogP contribution in [-0.4, -0.2) is 60.9 Å². The Labute approximate surface area is 181 Å². The van der Waals surface area contributed by atoms with Gasteiger partial charge in [0.1, 0.15) is 0 Å². The van der Waals surface area contributed by atoms with Gasteiger partial charge in [-0.1, -0.05) is 27.7 Å². The van der Waals surface area contributed by atoms with Gasteiger partial charge in [0, 0.05) is 37.6 Å². The molecule has 0 radical (unpaired) electrons. The topological polar surface area (TPSA) is 64.7 Å². The van der Waals surface area contributed by atoms with Gasteiger partial charge in [0.2, 0.25) is 11.8 Å². The third kappa shape index (κ3) is 7.10. The van der Waals surface area contributed by atoms with Gasteiger partial charge in [0.25, 0.3) is 0 Å². The molecule has 2 heterocycles. The highest BCUT2D eigenvalue weighted by Crippen LogP contribution is 2.22. The maximum atomic E-state index is 12.4. The average Bonchev–Trinajstić information content (AvgIpc) is 2.61. The molecular weight excluding hydrogens is 376 g/mol. The number of carbonyl (C=O) groups excluding carboxylic acids is 2. The number of likely N-dealkylation sites (tertiary alicyclic amines) is 2. The summed E-state index contributed by atoms with van der Waals surface area (Å²) in [5.41, 5.74) is 1.52. The van der Waals surface area contributed by atoms with Crippen molar-refractivity contribution in [2.45, 2.75) is 40.5 Å². The third-order valence-electron chi connectivity index (χ3n) is 6.08. The van der Waals surface area contributed by atoms with Crippen molar-refractivity contribution < 1.29 is 9.59 Å². The Balaban J connectivity index is 1.44. The molecule has 1 aromatic carbocycles. The molecule has 0 unspecified atom stereocenters. The van der Waals surface area contributed by atoms with Crippen molar-refractivity contribution in [3.63, 3.8) is 0 Å². The fourth-order valence-corrected chi connectivity index (χ4v) is 5.29. The Hall–Kier alpha value is -1.92. The highest BCUT2D eigenvalue weighted by atomic mass is 16.2. The van der Waals surface area contributed by atoms with Gasteiger partial charge in [0.15, 0.2) is 0 Å². The number of hydrogen-bond donors (Lipinski definition) is 2. The van der Waals surface area contributed by atoms with E-state index in [1.807, 2.05) is 24.3 Å². The van der Waals surface area contributed by atoms with Crippen LogP contribution in [0.1, 0.15) is 40.5 Å². The van der Waals surface area contributed by atoms with E-state index < -0.39 is 0 Å². The van der Waals surface area contributed by atoms with Gasteiger partial charge in [-0.25, -0.2) is 0 Å². The van der Waals surface area contributed by atoms with Crippen LogP contribution in [0.3, 0.4) is 0 Å². The second-order valence-corrected chi connectivity index (χ2v) is 9.95. The molecule has 2 N–H and O–H groups in total. The molecule has 2 amide bonds. The minimum Gasteiger partial charge on any atom is -0.325 e. The zero-order valence-corrected chi connectivity index (χ0v) is 19.0. The van der Waals surface area contributed by atoms with Gasteiger partial charge in [0.05, 0.1) is 13.1 Å². The number of hydrogen-bond acceptors (Lipinski definition) is 4. The lowest BCUT2D eigenvalue weighted by molar-refractivity contribution is -0.118. The Bertz CT molecular complexity index is 639. The van der Waals surface area contributed by atoms with Crippen LogP contribution in [0.4, 0.5) is 11.4 Å². The predicted octanol–water partition coefficient (Wildman–Crippen LogP) is 3.52. The number of piperidine rings is 2. The third-order valence-corrected chi connectivity index (χ3v) is 6.08. The van der Waals surface area contributed by atoms with Crippen LogP contribution in [-0.2, 0) is 9.59 Å². The van der Waals surface area contributed by atoms with Crippen molar-refractivity contribution in [1.29, 1.82) is 0 Å². The van der Waals surface area contributed by atoms with Gasteiger partial charge < -0.3 is 10.6 Å². The van der Waals surface area contributed by atoms with Crippen molar-refractivity contribution >= 4 is 23.2 Å². The number of nitrogens with one attached hydrogen (secondary N) is 2. The molecule has 166 valence electrons. The van der Waals surface area contributed by atoms with E-state index >= 15 is 0 Å². The standard InChI is InChI=1S/C24H38N4O2/c1-17-9-18(2)12-27(11-17)15-23(29)25-21-5-7-22(8-6-21)26-24(30)16-28-13-19(3)10-20(4)14-28/h5-8,17-20H,9-16H2,1-4H3,(H,25,29)(H,26,30)/t17-,18+,19-,20+. The second-order valence-electron chi connectivity index (χ2n) is 9.95. The van der Waals surface area contributed by atoms with Crippen LogP contribution >= 0.6 is 0 Å². The summed E-state index contributed by atoms with van der Waals surface area (Å²) in [7, 11) is 0. The van der Waals surface area contributed by atoms with Crippen molar-refractivity contribution in [2.75, 3.05) is 49.9 Å². The molecule has 2 fully saturated rings. The van der Waals surface area contributed by atoms with Crippen LogP contribution in [0.5, 0.6) is 0 Å². The lowest BCUT2D eigenvalue weighted by Gasteiger charge is -2.34. The van der Waals surface area contributed by atoms with Crippen LogP contribution in [0, 0.1) is 23.7 Å². The molecule has 6 heteroatoms. The summed E-state index contributed by atoms with van der Waals surface area (Å²) in [6.07, 6.45) is 2.47. The Morgan fingerprint density at radius 2 is 1.00 bits per heavy atom. The number of carbonyl (C=O) groups is 2. The molecule has 0 aromatic heterocycles. The predicted molar refractivity (Wildman–Crippen MR) is 122 cm³/mol. The van der Waals surface area contributed by atoms with Crippen molar-refractivity contribution in [2.24, 2.45) is 23.7 Å². The van der Waals surface area contributed by atoms with E-state index in [1.165, 1.54) is 12.8 Å². The van der Waals surface area contributed by atoms with Gasteiger partial charge in [-0.15, -0.1) is 0 Å². The molecular formula is C24H38N4O2. The summed E-state index contributed by atoms with van der Waals surface area (Å²) in [5, 5.41) is 5.95. The lowest BCUT2D eigenvalue weighted by Crippen LogP contribution is -2.43. The average molecular weight is 415 g/mol. The number of amides is 2. The minimum atomic E-state index is 0.0152. The van der Waals surface area contributed by atoms with E-state index in [0.29, 0.717) is 36.8 Å². The first-order valence-electron chi connectivity index (χ1n) is 11.4. The van der Waals surface area contributed by atoms with E-state index in [1.54, 1.807) is 0 Å². The van der Waals surface area contributed by atoms with E-state index in [0.717, 1.165) is 37.6 Å². The fraction of sp³-hybridized carbons (Fsp3) is 0.667. The zero-order valence-electron chi connectivity index (χ0n) is 19.0. The smallest absolute Gasteiger partial charge is 0.238 e. The molecule has 3 rings (SSSR count). The molecule has 6 nitrogen and oxygen atoms in total. The van der Waals surface area contributed by atoms with E-state index in [4.69, 9.17) is 0 Å². The van der Waals surface area contributed by atoms with Crippen LogP contribution in [0.2, 0.25) is 0 Å². The van der Waals surface area contributed by atoms with Crippen molar-refractivity contribution in [1.82, 2.24) is 9.80 Å². The summed E-state index contributed by atoms with van der Waals surface area (Å²) < 4.78 is 0. The maximum absolute atomic E-state index is 12.4. The van der Waals surface area contributed by atoms with Gasteiger partial charge in [-0.3, -0.25) is 19.4 Å². The molecule has 0 aliphatic carbocycles. The summed E-state index contributed by atoms with van der Waals surface area (Å²) in [5.74, 6) is 2.59. The lowest BCUT2D eigenvalue weighted by atomic mass is 9.92. The normalized spacial score (nSPS) is 28.1. The largest absolute Gasteiger partial charge is 0.325 e. The van der Waals surface area contributed by atoms with Crippen LogP contribution in [0.25, 0.3) is 0 Å². The molecule has 4 atom stereocenters. The Morgan fingerprint density at radius 1 is 0.700 bits per heavy atom. The van der Waals surface area contributed by atoms with Gasteiger partial charge in [-0.05, 0) is 60.8 Å². The molecule has 2 aliphatic heterocycles. The van der Waals surface area contributed by atoms with Crippen LogP contribution in [0.15, 0.2) is 24.3 Å². The number of anilines is 2. The maximum Gasteiger partial charge on any atom is 0.238 e. The molecule has 0 spiro atoms. The first kappa shape index (κ1) is 22.8. The number of rotatable bonds is 6. The SMILES string of the molecule is C[C@@H]1C[C@H](C)CN(CC(=O)Nc2ccc(NC(=O)CN3C[C@H](C)C[C@H](C)C3)cc2)C1. The van der Waals surface area contributed by atoms with E-state index in [-0.39, 0.29) is 11.8 Å². The first-order valence-corrected chi connectivity index (χ1v) is 11.4. The summed E-state index contributed by atoms with van der Waals surface area (Å²) in [4.78, 5) is 29.3. The number of nitrogens with zero attached hydrogens (tertiary/aromatic N) is 2. The summed E-state index contributed by atoms with van der Waals surface area (Å²) >= 11 is 0. The quantitative estimate of drug-likeness (QED) is 0.748. The summed E-state index contributed by atoms with van der Waals surface area (Å²) in [6, 6.07) is 7.39. The van der Waals surface area contributed by atoms with E-state index in [2.05, 4.69) is 48.1 Å². The fourth-order valence-electron chi connectivity index (χ4n) is 5.29. The Morgan fingerprint density at radius 3 is 1.30 bits per heavy atom. The molecule has 0 saturated carbocycles. The highest BCUT2D eigenvalue weighted by molar-refractivity contribution is 5.94. The zero-order chi connectivity index (χ0) is 21.7. The molecule has 0 bridgehead atoms. The van der Waals surface area contributed by atoms with E-state index in [9.17, 15) is 9.59 Å². The first-order chi connectivity index (χ1) is 14.3. The molecule has 2 saturated heterocycles. The molecule has 2 aliphatic rings. The van der Waals surface area contributed by atoms with Crippen LogP contribution < -0.4 is 10.6 Å².